The number of alkyl halides is 1. The van der Waals surface area contributed by atoms with Gasteiger partial charge in [-0.15, -0.1) is 0 Å². The van der Waals surface area contributed by atoms with E-state index >= 15 is 0 Å². The number of hydrogen-bond acceptors (Lipinski definition) is 1. The molecule has 0 saturated heterocycles. The van der Waals surface area contributed by atoms with Crippen molar-refractivity contribution in [3.63, 3.8) is 0 Å². The van der Waals surface area contributed by atoms with Crippen molar-refractivity contribution in [2.45, 2.75) is 32.1 Å². The molecule has 1 aromatic rings. The third-order valence-electron chi connectivity index (χ3n) is 3.90. The van der Waals surface area contributed by atoms with E-state index < -0.39 is 0 Å². The third-order valence-corrected chi connectivity index (χ3v) is 4.73. The van der Waals surface area contributed by atoms with Crippen molar-refractivity contribution >= 4 is 15.9 Å². The average molecular weight is 297 g/mol. The molecule has 0 aliphatic heterocycles. The average Bonchev–Trinajstić information content (AvgIpc) is 2.90. The summed E-state index contributed by atoms with van der Waals surface area (Å²) < 4.78 is 5.28. The minimum atomic E-state index is 0.782. The van der Waals surface area contributed by atoms with E-state index in [9.17, 15) is 0 Å². The van der Waals surface area contributed by atoms with Gasteiger partial charge in [-0.3, -0.25) is 0 Å². The van der Waals surface area contributed by atoms with Gasteiger partial charge in [-0.1, -0.05) is 53.7 Å². The molecule has 94 valence electrons. The third kappa shape index (κ3) is 3.48. The molecule has 0 N–H and O–H groups in total. The highest BCUT2D eigenvalue weighted by atomic mass is 79.9. The quantitative estimate of drug-likeness (QED) is 0.730. The van der Waals surface area contributed by atoms with Crippen LogP contribution in [0.2, 0.25) is 0 Å². The predicted octanol–water partition coefficient (Wildman–Crippen LogP) is 4.44. The van der Waals surface area contributed by atoms with Crippen molar-refractivity contribution < 1.29 is 4.74 Å². The van der Waals surface area contributed by atoms with Gasteiger partial charge < -0.3 is 4.74 Å². The Hall–Kier alpha value is -0.500. The molecule has 1 aromatic carbocycles. The first-order valence-electron chi connectivity index (χ1n) is 6.52. The number of methoxy groups -OCH3 is 1. The molecule has 1 unspecified atom stereocenters. The lowest BCUT2D eigenvalue weighted by Gasteiger charge is -2.21. The van der Waals surface area contributed by atoms with Crippen LogP contribution < -0.4 is 4.74 Å². The lowest BCUT2D eigenvalue weighted by molar-refractivity contribution is 0.371. The Morgan fingerprint density at radius 3 is 2.76 bits per heavy atom. The van der Waals surface area contributed by atoms with Gasteiger partial charge in [0.25, 0.3) is 0 Å². The molecule has 1 atom stereocenters. The highest BCUT2D eigenvalue weighted by Crippen LogP contribution is 2.34. The van der Waals surface area contributed by atoms with Crippen LogP contribution in [0, 0.1) is 11.8 Å². The highest BCUT2D eigenvalue weighted by Gasteiger charge is 2.24. The Morgan fingerprint density at radius 2 is 2.12 bits per heavy atom. The monoisotopic (exact) mass is 296 g/mol. The highest BCUT2D eigenvalue weighted by molar-refractivity contribution is 9.09. The second-order valence-corrected chi connectivity index (χ2v) is 5.66. The molecule has 0 aromatic heterocycles. The summed E-state index contributed by atoms with van der Waals surface area (Å²) in [6.07, 6.45) is 6.85. The molecule has 17 heavy (non-hydrogen) atoms. The predicted molar refractivity (Wildman–Crippen MR) is 75.9 cm³/mol. The molecule has 2 rings (SSSR count). The minimum absolute atomic E-state index is 0.782. The molecule has 1 aliphatic carbocycles. The van der Waals surface area contributed by atoms with Crippen LogP contribution >= 0.6 is 15.9 Å². The van der Waals surface area contributed by atoms with Crippen LogP contribution in [0.1, 0.15) is 31.2 Å². The van der Waals surface area contributed by atoms with E-state index in [1.807, 2.05) is 6.07 Å². The van der Waals surface area contributed by atoms with Crippen LogP contribution in [-0.2, 0) is 6.42 Å². The fourth-order valence-corrected chi connectivity index (χ4v) is 3.64. The number of benzene rings is 1. The number of halogens is 1. The zero-order chi connectivity index (χ0) is 12.1. The van der Waals surface area contributed by atoms with Crippen molar-refractivity contribution in [1.82, 2.24) is 0 Å². The van der Waals surface area contributed by atoms with Crippen molar-refractivity contribution in [3.05, 3.63) is 29.8 Å². The van der Waals surface area contributed by atoms with Gasteiger partial charge in [0.2, 0.25) is 0 Å². The number of ether oxygens (including phenoxy) is 1. The Bertz CT molecular complexity index is 345. The zero-order valence-electron chi connectivity index (χ0n) is 10.5. The maximum atomic E-state index is 5.28. The fraction of sp³-hybridized carbons (Fsp3) is 0.600. The largest absolute Gasteiger partial charge is 0.497 e. The van der Waals surface area contributed by atoms with E-state index in [-0.39, 0.29) is 0 Å². The Kier molecular flexibility index (Phi) is 4.90. The van der Waals surface area contributed by atoms with Gasteiger partial charge in [0.05, 0.1) is 7.11 Å². The van der Waals surface area contributed by atoms with Crippen LogP contribution in [-0.4, -0.2) is 12.4 Å². The van der Waals surface area contributed by atoms with Crippen molar-refractivity contribution in [3.8, 4) is 5.75 Å². The standard InChI is InChI=1S/C15H21BrO/c1-17-15-8-4-5-12(10-15)9-14(11-16)13-6-2-3-7-13/h4-5,8,10,13-14H,2-3,6-7,9,11H2,1H3. The van der Waals surface area contributed by atoms with E-state index in [2.05, 4.69) is 34.1 Å². The van der Waals surface area contributed by atoms with E-state index in [0.29, 0.717) is 0 Å². The summed E-state index contributed by atoms with van der Waals surface area (Å²) in [6, 6.07) is 8.49. The van der Waals surface area contributed by atoms with E-state index in [0.717, 1.165) is 22.9 Å². The molecule has 1 saturated carbocycles. The maximum Gasteiger partial charge on any atom is 0.119 e. The number of rotatable bonds is 5. The van der Waals surface area contributed by atoms with E-state index in [1.165, 1.54) is 37.7 Å². The molecule has 1 nitrogen and oxygen atoms in total. The summed E-state index contributed by atoms with van der Waals surface area (Å²) in [4.78, 5) is 0. The summed E-state index contributed by atoms with van der Waals surface area (Å²) in [5.74, 6) is 2.67. The second kappa shape index (κ2) is 6.44. The summed E-state index contributed by atoms with van der Waals surface area (Å²) in [5.41, 5.74) is 1.40. The Balaban J connectivity index is 2.01. The lowest BCUT2D eigenvalue weighted by atomic mass is 9.87. The van der Waals surface area contributed by atoms with Gasteiger partial charge in [0, 0.05) is 5.33 Å². The first-order chi connectivity index (χ1) is 8.33. The van der Waals surface area contributed by atoms with Crippen LogP contribution in [0.5, 0.6) is 5.75 Å². The van der Waals surface area contributed by atoms with Gasteiger partial charge in [-0.2, -0.15) is 0 Å². The summed E-state index contributed by atoms with van der Waals surface area (Å²) in [5, 5.41) is 1.12. The van der Waals surface area contributed by atoms with Gasteiger partial charge in [0.1, 0.15) is 5.75 Å². The second-order valence-electron chi connectivity index (χ2n) is 5.01. The van der Waals surface area contributed by atoms with Crippen LogP contribution in [0.4, 0.5) is 0 Å². The van der Waals surface area contributed by atoms with Crippen LogP contribution in [0.25, 0.3) is 0 Å². The Morgan fingerprint density at radius 1 is 1.35 bits per heavy atom. The normalized spacial score (nSPS) is 18.2. The van der Waals surface area contributed by atoms with Crippen LogP contribution in [0.3, 0.4) is 0 Å². The maximum absolute atomic E-state index is 5.28. The van der Waals surface area contributed by atoms with E-state index in [1.54, 1.807) is 7.11 Å². The topological polar surface area (TPSA) is 9.23 Å². The number of hydrogen-bond donors (Lipinski definition) is 0. The zero-order valence-corrected chi connectivity index (χ0v) is 12.1. The molecule has 0 amide bonds. The van der Waals surface area contributed by atoms with Gasteiger partial charge in [0.15, 0.2) is 0 Å². The smallest absolute Gasteiger partial charge is 0.119 e. The van der Waals surface area contributed by atoms with E-state index in [4.69, 9.17) is 4.74 Å². The molecule has 0 heterocycles. The lowest BCUT2D eigenvalue weighted by Crippen LogP contribution is -2.16. The molecule has 0 spiro atoms. The molecular formula is C15H21BrO. The SMILES string of the molecule is COc1cccc(CC(CBr)C2CCCC2)c1. The summed E-state index contributed by atoms with van der Waals surface area (Å²) in [7, 11) is 1.73. The van der Waals surface area contributed by atoms with Gasteiger partial charge in [-0.25, -0.2) is 0 Å². The molecule has 0 bridgehead atoms. The molecule has 1 fully saturated rings. The van der Waals surface area contributed by atoms with Crippen molar-refractivity contribution in [1.29, 1.82) is 0 Å². The first-order valence-corrected chi connectivity index (χ1v) is 7.64. The molecule has 1 aliphatic rings. The minimum Gasteiger partial charge on any atom is -0.497 e. The summed E-state index contributed by atoms with van der Waals surface area (Å²) in [6.45, 7) is 0. The van der Waals surface area contributed by atoms with Gasteiger partial charge in [-0.05, 0) is 36.0 Å². The van der Waals surface area contributed by atoms with Crippen molar-refractivity contribution in [2.24, 2.45) is 11.8 Å². The van der Waals surface area contributed by atoms with Gasteiger partial charge >= 0.3 is 0 Å². The fourth-order valence-electron chi connectivity index (χ4n) is 2.88. The van der Waals surface area contributed by atoms with Crippen LogP contribution in [0.15, 0.2) is 24.3 Å². The molecule has 2 heteroatoms. The summed E-state index contributed by atoms with van der Waals surface area (Å²) >= 11 is 3.69. The molecule has 0 radical (unpaired) electrons. The first kappa shape index (κ1) is 12.9. The van der Waals surface area contributed by atoms with Crippen molar-refractivity contribution in [2.75, 3.05) is 12.4 Å². The Labute approximate surface area is 113 Å². The molecular weight excluding hydrogens is 276 g/mol.